The molecule has 0 saturated heterocycles. The molecule has 0 heterocycles. The lowest BCUT2D eigenvalue weighted by molar-refractivity contribution is 0.388. The van der Waals surface area contributed by atoms with Crippen molar-refractivity contribution in [1.82, 2.24) is 10.6 Å². The summed E-state index contributed by atoms with van der Waals surface area (Å²) in [4.78, 5) is 4.15. The summed E-state index contributed by atoms with van der Waals surface area (Å²) >= 11 is 0. The van der Waals surface area contributed by atoms with E-state index in [1.165, 1.54) is 25.7 Å². The molecule has 2 rings (SSSR count). The molecular weight excluding hydrogens is 162 g/mol. The highest BCUT2D eigenvalue weighted by Gasteiger charge is 2.39. The minimum atomic E-state index is 0.685. The van der Waals surface area contributed by atoms with Gasteiger partial charge in [0.15, 0.2) is 5.96 Å². The number of nitrogens with zero attached hydrogens (tertiary/aromatic N) is 1. The first-order valence-electron chi connectivity index (χ1n) is 5.24. The zero-order chi connectivity index (χ0) is 9.26. The van der Waals surface area contributed by atoms with E-state index in [0.29, 0.717) is 6.04 Å². The highest BCUT2D eigenvalue weighted by atomic mass is 15.2. The van der Waals surface area contributed by atoms with Gasteiger partial charge in [-0.1, -0.05) is 6.42 Å². The molecule has 3 atom stereocenters. The molecule has 3 nitrogen and oxygen atoms in total. The second kappa shape index (κ2) is 3.56. The van der Waals surface area contributed by atoms with Crippen molar-refractivity contribution in [1.29, 1.82) is 0 Å². The van der Waals surface area contributed by atoms with E-state index in [0.717, 1.165) is 17.8 Å². The van der Waals surface area contributed by atoms with E-state index in [1.54, 1.807) is 0 Å². The summed E-state index contributed by atoms with van der Waals surface area (Å²) in [6, 6.07) is 0.685. The van der Waals surface area contributed by atoms with Gasteiger partial charge in [0, 0.05) is 20.1 Å². The average Bonchev–Trinajstić information content (AvgIpc) is 2.75. The third-order valence-corrected chi connectivity index (χ3v) is 3.52. The van der Waals surface area contributed by atoms with Crippen molar-refractivity contribution in [2.45, 2.75) is 31.7 Å². The standard InChI is InChI=1S/C10H19N3/c1-11-10(12-2)13-9-6-7-3-4-8(9)5-7/h7-9H,3-6H2,1-2H3,(H2,11,12,13). The molecule has 2 aliphatic rings. The van der Waals surface area contributed by atoms with Crippen LogP contribution in [0, 0.1) is 11.8 Å². The molecule has 0 spiro atoms. The molecule has 3 heteroatoms. The van der Waals surface area contributed by atoms with E-state index in [4.69, 9.17) is 0 Å². The Bertz CT molecular complexity index is 212. The van der Waals surface area contributed by atoms with Gasteiger partial charge in [0.05, 0.1) is 0 Å². The van der Waals surface area contributed by atoms with Gasteiger partial charge in [0.25, 0.3) is 0 Å². The quantitative estimate of drug-likeness (QED) is 0.467. The number of fused-ring (bicyclic) bond motifs is 2. The lowest BCUT2D eigenvalue weighted by Gasteiger charge is -2.24. The molecule has 0 aromatic heterocycles. The van der Waals surface area contributed by atoms with Crippen molar-refractivity contribution in [2.24, 2.45) is 16.8 Å². The second-order valence-corrected chi connectivity index (χ2v) is 4.25. The molecule has 2 saturated carbocycles. The molecule has 3 unspecified atom stereocenters. The number of rotatable bonds is 1. The van der Waals surface area contributed by atoms with Crippen molar-refractivity contribution >= 4 is 5.96 Å². The molecule has 74 valence electrons. The molecule has 2 bridgehead atoms. The van der Waals surface area contributed by atoms with Crippen LogP contribution in [0.3, 0.4) is 0 Å². The highest BCUT2D eigenvalue weighted by molar-refractivity contribution is 5.79. The molecule has 13 heavy (non-hydrogen) atoms. The van der Waals surface area contributed by atoms with Crippen LogP contribution in [0.5, 0.6) is 0 Å². The highest BCUT2D eigenvalue weighted by Crippen LogP contribution is 2.44. The van der Waals surface area contributed by atoms with Crippen LogP contribution in [0.15, 0.2) is 4.99 Å². The number of guanidine groups is 1. The number of aliphatic imine (C=N–C) groups is 1. The van der Waals surface area contributed by atoms with Crippen molar-refractivity contribution in [3.05, 3.63) is 0 Å². The van der Waals surface area contributed by atoms with Crippen LogP contribution < -0.4 is 10.6 Å². The molecule has 2 N–H and O–H groups in total. The van der Waals surface area contributed by atoms with Gasteiger partial charge in [-0.25, -0.2) is 0 Å². The number of hydrogen-bond acceptors (Lipinski definition) is 1. The first kappa shape index (κ1) is 8.85. The number of hydrogen-bond donors (Lipinski definition) is 2. The summed E-state index contributed by atoms with van der Waals surface area (Å²) in [5, 5.41) is 6.56. The Hall–Kier alpha value is -0.730. The van der Waals surface area contributed by atoms with Gasteiger partial charge in [-0.2, -0.15) is 0 Å². The van der Waals surface area contributed by atoms with Crippen LogP contribution in [0.25, 0.3) is 0 Å². The maximum Gasteiger partial charge on any atom is 0.190 e. The first-order chi connectivity index (χ1) is 6.33. The van der Waals surface area contributed by atoms with E-state index in [9.17, 15) is 0 Å². The Balaban J connectivity index is 1.89. The Morgan fingerprint density at radius 1 is 1.31 bits per heavy atom. The summed E-state index contributed by atoms with van der Waals surface area (Å²) in [6.45, 7) is 0. The topological polar surface area (TPSA) is 36.4 Å². The van der Waals surface area contributed by atoms with E-state index in [2.05, 4.69) is 15.6 Å². The van der Waals surface area contributed by atoms with Crippen molar-refractivity contribution in [3.8, 4) is 0 Å². The predicted octanol–water partition coefficient (Wildman–Crippen LogP) is 0.970. The van der Waals surface area contributed by atoms with Gasteiger partial charge < -0.3 is 10.6 Å². The molecular formula is C10H19N3. The van der Waals surface area contributed by atoms with Crippen LogP contribution in [-0.2, 0) is 0 Å². The van der Waals surface area contributed by atoms with E-state index >= 15 is 0 Å². The van der Waals surface area contributed by atoms with Crippen LogP contribution in [0.4, 0.5) is 0 Å². The van der Waals surface area contributed by atoms with E-state index in [1.807, 2.05) is 14.1 Å². The largest absolute Gasteiger partial charge is 0.359 e. The molecule has 2 aliphatic carbocycles. The van der Waals surface area contributed by atoms with Gasteiger partial charge in [-0.3, -0.25) is 4.99 Å². The molecule has 0 radical (unpaired) electrons. The lowest BCUT2D eigenvalue weighted by atomic mass is 9.95. The van der Waals surface area contributed by atoms with E-state index in [-0.39, 0.29) is 0 Å². The summed E-state index contributed by atoms with van der Waals surface area (Å²) < 4.78 is 0. The molecule has 0 amide bonds. The van der Waals surface area contributed by atoms with E-state index < -0.39 is 0 Å². The molecule has 0 aliphatic heterocycles. The smallest absolute Gasteiger partial charge is 0.190 e. The van der Waals surface area contributed by atoms with Crippen LogP contribution in [-0.4, -0.2) is 26.1 Å². The van der Waals surface area contributed by atoms with Crippen molar-refractivity contribution in [2.75, 3.05) is 14.1 Å². The monoisotopic (exact) mass is 181 g/mol. The maximum atomic E-state index is 4.15. The fourth-order valence-electron chi connectivity index (χ4n) is 2.85. The Morgan fingerprint density at radius 2 is 2.15 bits per heavy atom. The average molecular weight is 181 g/mol. The van der Waals surface area contributed by atoms with Crippen LogP contribution in [0.2, 0.25) is 0 Å². The zero-order valence-corrected chi connectivity index (χ0v) is 8.51. The third kappa shape index (κ3) is 1.64. The Kier molecular flexibility index (Phi) is 2.42. The van der Waals surface area contributed by atoms with Gasteiger partial charge in [0.2, 0.25) is 0 Å². The van der Waals surface area contributed by atoms with Gasteiger partial charge in [-0.15, -0.1) is 0 Å². The molecule has 2 fully saturated rings. The Labute approximate surface area is 80.0 Å². The summed E-state index contributed by atoms with van der Waals surface area (Å²) in [6.07, 6.45) is 5.67. The van der Waals surface area contributed by atoms with Gasteiger partial charge >= 0.3 is 0 Å². The Morgan fingerprint density at radius 3 is 2.62 bits per heavy atom. The summed E-state index contributed by atoms with van der Waals surface area (Å²) in [5.74, 6) is 2.85. The zero-order valence-electron chi connectivity index (χ0n) is 8.51. The van der Waals surface area contributed by atoms with Crippen LogP contribution in [0.1, 0.15) is 25.7 Å². The van der Waals surface area contributed by atoms with Crippen molar-refractivity contribution < 1.29 is 0 Å². The minimum Gasteiger partial charge on any atom is -0.359 e. The molecule has 0 aromatic carbocycles. The summed E-state index contributed by atoms with van der Waals surface area (Å²) in [5.41, 5.74) is 0. The second-order valence-electron chi connectivity index (χ2n) is 4.25. The van der Waals surface area contributed by atoms with Crippen LogP contribution >= 0.6 is 0 Å². The lowest BCUT2D eigenvalue weighted by Crippen LogP contribution is -2.44. The summed E-state index contributed by atoms with van der Waals surface area (Å²) in [7, 11) is 3.74. The fraction of sp³-hybridized carbons (Fsp3) is 0.900. The minimum absolute atomic E-state index is 0.685. The predicted molar refractivity (Wildman–Crippen MR) is 54.8 cm³/mol. The maximum absolute atomic E-state index is 4.15. The third-order valence-electron chi connectivity index (χ3n) is 3.52. The number of nitrogens with one attached hydrogen (secondary N) is 2. The van der Waals surface area contributed by atoms with Gasteiger partial charge in [0.1, 0.15) is 0 Å². The molecule has 0 aromatic rings. The van der Waals surface area contributed by atoms with Gasteiger partial charge in [-0.05, 0) is 31.1 Å². The van der Waals surface area contributed by atoms with Crippen molar-refractivity contribution in [3.63, 3.8) is 0 Å². The normalized spacial score (nSPS) is 38.0. The first-order valence-corrected chi connectivity index (χ1v) is 5.24. The fourth-order valence-corrected chi connectivity index (χ4v) is 2.85. The SMILES string of the molecule is CN=C(NC)NC1CC2CCC1C2.